The molecule has 0 unspecified atom stereocenters. The van der Waals surface area contributed by atoms with E-state index in [0.29, 0.717) is 36.9 Å². The van der Waals surface area contributed by atoms with Crippen LogP contribution in [-0.2, 0) is 14.3 Å². The maximum atomic E-state index is 12.4. The van der Waals surface area contributed by atoms with Gasteiger partial charge in [0.15, 0.2) is 11.5 Å². The molecule has 0 spiro atoms. The van der Waals surface area contributed by atoms with E-state index in [9.17, 15) is 14.9 Å². The lowest BCUT2D eigenvalue weighted by Crippen LogP contribution is -2.11. The molecule has 186 valence electrons. The molecule has 0 aliphatic heterocycles. The fourth-order valence-corrected chi connectivity index (χ4v) is 3.56. The van der Waals surface area contributed by atoms with Gasteiger partial charge in [0.05, 0.1) is 24.3 Å². The first kappa shape index (κ1) is 27.9. The quantitative estimate of drug-likeness (QED) is 0.103. The van der Waals surface area contributed by atoms with Crippen molar-refractivity contribution in [3.63, 3.8) is 0 Å². The van der Waals surface area contributed by atoms with Crippen molar-refractivity contribution in [2.45, 2.75) is 46.5 Å². The van der Waals surface area contributed by atoms with Crippen LogP contribution in [0, 0.1) is 11.3 Å². The molecule has 0 atom stereocenters. The lowest BCUT2D eigenvalue weighted by Gasteiger charge is -2.13. The van der Waals surface area contributed by atoms with Gasteiger partial charge in [0.1, 0.15) is 17.4 Å². The Morgan fingerprint density at radius 1 is 1.03 bits per heavy atom. The second-order valence-electron chi connectivity index (χ2n) is 7.80. The van der Waals surface area contributed by atoms with Crippen LogP contribution in [0.25, 0.3) is 6.08 Å². The van der Waals surface area contributed by atoms with Crippen LogP contribution in [0.3, 0.4) is 0 Å². The minimum absolute atomic E-state index is 0.135. The molecule has 0 amide bonds. The largest absolute Gasteiger partial charge is 0.492 e. The number of hydrogen-bond donors (Lipinski definition) is 0. The summed E-state index contributed by atoms with van der Waals surface area (Å²) in [4.78, 5) is 24.2. The normalized spacial score (nSPS) is 11.1. The average molecular weight is 544 g/mol. The molecule has 0 saturated carbocycles. The van der Waals surface area contributed by atoms with Gasteiger partial charge >= 0.3 is 11.9 Å². The van der Waals surface area contributed by atoms with E-state index < -0.39 is 11.9 Å². The van der Waals surface area contributed by atoms with Crippen molar-refractivity contribution < 1.29 is 28.5 Å². The van der Waals surface area contributed by atoms with Gasteiger partial charge in [-0.25, -0.2) is 4.79 Å². The van der Waals surface area contributed by atoms with Crippen molar-refractivity contribution in [2.24, 2.45) is 0 Å². The van der Waals surface area contributed by atoms with Gasteiger partial charge in [-0.3, -0.25) is 4.79 Å². The number of benzene rings is 2. The van der Waals surface area contributed by atoms with E-state index in [-0.39, 0.29) is 24.4 Å². The average Bonchev–Trinajstić information content (AvgIpc) is 2.82. The summed E-state index contributed by atoms with van der Waals surface area (Å²) in [5.74, 6) is 0.625. The van der Waals surface area contributed by atoms with Gasteiger partial charge in [0.2, 0.25) is 0 Å². The van der Waals surface area contributed by atoms with Gasteiger partial charge < -0.3 is 18.9 Å². The first-order chi connectivity index (χ1) is 16.8. The molecule has 2 aromatic rings. The molecule has 2 aromatic carbocycles. The van der Waals surface area contributed by atoms with E-state index in [1.807, 2.05) is 24.3 Å². The van der Waals surface area contributed by atoms with Gasteiger partial charge in [-0.15, -0.1) is 0 Å². The van der Waals surface area contributed by atoms with Crippen molar-refractivity contribution in [2.75, 3.05) is 19.8 Å². The number of hydrogen-bond acceptors (Lipinski definition) is 7. The first-order valence-electron chi connectivity index (χ1n) is 11.5. The van der Waals surface area contributed by atoms with E-state index in [1.54, 1.807) is 32.0 Å². The fraction of sp³-hybridized carbons (Fsp3) is 0.370. The Morgan fingerprint density at radius 3 is 2.40 bits per heavy atom. The van der Waals surface area contributed by atoms with E-state index in [4.69, 9.17) is 18.9 Å². The number of rotatable bonds is 12. The van der Waals surface area contributed by atoms with Crippen molar-refractivity contribution in [1.29, 1.82) is 5.26 Å². The zero-order chi connectivity index (χ0) is 25.8. The van der Waals surface area contributed by atoms with E-state index in [0.717, 1.165) is 10.2 Å². The molecule has 0 fully saturated rings. The van der Waals surface area contributed by atoms with Crippen LogP contribution < -0.4 is 14.2 Å². The van der Waals surface area contributed by atoms with Crippen LogP contribution in [-0.4, -0.2) is 31.8 Å². The van der Waals surface area contributed by atoms with Gasteiger partial charge in [0.25, 0.3) is 0 Å². The third kappa shape index (κ3) is 8.76. The van der Waals surface area contributed by atoms with Crippen molar-refractivity contribution in [3.05, 3.63) is 57.6 Å². The predicted molar refractivity (Wildman–Crippen MR) is 136 cm³/mol. The zero-order valence-electron chi connectivity index (χ0n) is 20.4. The Labute approximate surface area is 214 Å². The smallest absolute Gasteiger partial charge is 0.348 e. The highest BCUT2D eigenvalue weighted by atomic mass is 79.9. The number of halogens is 1. The van der Waals surface area contributed by atoms with Crippen molar-refractivity contribution in [3.8, 4) is 23.3 Å². The molecular weight excluding hydrogens is 514 g/mol. The molecule has 0 heterocycles. The molecule has 0 radical (unpaired) electrons. The Kier molecular flexibility index (Phi) is 11.3. The fourth-order valence-electron chi connectivity index (χ4n) is 3.04. The minimum atomic E-state index is -0.700. The third-order valence-electron chi connectivity index (χ3n) is 4.82. The van der Waals surface area contributed by atoms with E-state index in [2.05, 4.69) is 29.8 Å². The highest BCUT2D eigenvalue weighted by Gasteiger charge is 2.14. The standard InChI is InChI=1S/C27H30BrNO6/c1-5-32-25-15-19(14-21(17-29)27(31)33-6-2)9-11-24(25)35-26(30)8-7-13-34-23-12-10-20(18(3)4)16-22(23)28/h9-12,14-16,18H,5-8,13H2,1-4H3/b21-14+. The Morgan fingerprint density at radius 2 is 1.77 bits per heavy atom. The monoisotopic (exact) mass is 543 g/mol. The summed E-state index contributed by atoms with van der Waals surface area (Å²) in [5, 5.41) is 9.22. The summed E-state index contributed by atoms with van der Waals surface area (Å²) in [6.45, 7) is 8.60. The SMILES string of the molecule is CCOC(=O)/C(C#N)=C/c1ccc(OC(=O)CCCOc2ccc(C(C)C)cc2Br)c(OCC)c1. The van der Waals surface area contributed by atoms with Gasteiger partial charge in [-0.1, -0.05) is 26.0 Å². The molecule has 8 heteroatoms. The van der Waals surface area contributed by atoms with Gasteiger partial charge in [-0.05, 0) is 83.6 Å². The number of esters is 2. The summed E-state index contributed by atoms with van der Waals surface area (Å²) >= 11 is 3.53. The highest BCUT2D eigenvalue weighted by Crippen LogP contribution is 2.31. The number of ether oxygens (including phenoxy) is 4. The molecular formula is C27H30BrNO6. The first-order valence-corrected chi connectivity index (χ1v) is 12.3. The van der Waals surface area contributed by atoms with Gasteiger partial charge in [-0.2, -0.15) is 5.26 Å². The number of carbonyl (C=O) groups excluding carboxylic acids is 2. The lowest BCUT2D eigenvalue weighted by atomic mass is 10.0. The van der Waals surface area contributed by atoms with E-state index in [1.165, 1.54) is 11.6 Å². The molecule has 0 aliphatic rings. The van der Waals surface area contributed by atoms with Crippen LogP contribution in [0.1, 0.15) is 57.6 Å². The van der Waals surface area contributed by atoms with Gasteiger partial charge in [0, 0.05) is 6.42 Å². The third-order valence-corrected chi connectivity index (χ3v) is 5.44. The highest BCUT2D eigenvalue weighted by molar-refractivity contribution is 9.10. The predicted octanol–water partition coefficient (Wildman–Crippen LogP) is 6.21. The summed E-state index contributed by atoms with van der Waals surface area (Å²) in [7, 11) is 0. The molecule has 35 heavy (non-hydrogen) atoms. The van der Waals surface area contributed by atoms with E-state index >= 15 is 0 Å². The molecule has 0 N–H and O–H groups in total. The topological polar surface area (TPSA) is 94.9 Å². The Hall–Kier alpha value is -3.31. The maximum absolute atomic E-state index is 12.4. The Balaban J connectivity index is 1.97. The summed E-state index contributed by atoms with van der Waals surface area (Å²) in [6.07, 6.45) is 2.04. The second-order valence-corrected chi connectivity index (χ2v) is 8.65. The molecule has 0 aromatic heterocycles. The van der Waals surface area contributed by atoms with Crippen molar-refractivity contribution in [1.82, 2.24) is 0 Å². The lowest BCUT2D eigenvalue weighted by molar-refractivity contribution is -0.138. The molecule has 7 nitrogen and oxygen atoms in total. The number of nitrogens with zero attached hydrogens (tertiary/aromatic N) is 1. The number of carbonyl (C=O) groups is 2. The zero-order valence-corrected chi connectivity index (χ0v) is 22.0. The van der Waals surface area contributed by atoms with Crippen LogP contribution in [0.4, 0.5) is 0 Å². The maximum Gasteiger partial charge on any atom is 0.348 e. The van der Waals surface area contributed by atoms with Crippen molar-refractivity contribution >= 4 is 33.9 Å². The molecule has 2 rings (SSSR count). The summed E-state index contributed by atoms with van der Waals surface area (Å²) in [5.41, 5.74) is 1.62. The molecule has 0 saturated heterocycles. The van der Waals surface area contributed by atoms with Crippen LogP contribution in [0.15, 0.2) is 46.4 Å². The summed E-state index contributed by atoms with van der Waals surface area (Å²) < 4.78 is 22.6. The number of nitriles is 1. The Bertz CT molecular complexity index is 1100. The second kappa shape index (κ2) is 14.2. The molecule has 0 aliphatic carbocycles. The summed E-state index contributed by atoms with van der Waals surface area (Å²) in [6, 6.07) is 12.6. The molecule has 0 bridgehead atoms. The van der Waals surface area contributed by atoms with Crippen LogP contribution >= 0.6 is 15.9 Å². The van der Waals surface area contributed by atoms with Crippen LogP contribution in [0.2, 0.25) is 0 Å². The van der Waals surface area contributed by atoms with Crippen LogP contribution in [0.5, 0.6) is 17.2 Å². The minimum Gasteiger partial charge on any atom is -0.492 e.